The van der Waals surface area contributed by atoms with Crippen molar-refractivity contribution in [2.75, 3.05) is 20.3 Å². The molecule has 1 aromatic rings. The molecule has 2 N–H and O–H groups in total. The molecule has 0 aliphatic heterocycles. The summed E-state index contributed by atoms with van der Waals surface area (Å²) in [7, 11) is 1.59. The van der Waals surface area contributed by atoms with Crippen LogP contribution in [0.5, 0.6) is 0 Å². The van der Waals surface area contributed by atoms with E-state index in [0.717, 1.165) is 10.7 Å². The highest BCUT2D eigenvalue weighted by Crippen LogP contribution is 2.24. The second-order valence-electron chi connectivity index (χ2n) is 3.92. The minimum atomic E-state index is -0.457. The first-order chi connectivity index (χ1) is 7.54. The van der Waals surface area contributed by atoms with E-state index in [9.17, 15) is 5.11 Å². The molecule has 92 valence electrons. The zero-order valence-corrected chi connectivity index (χ0v) is 11.1. The molecule has 0 fully saturated rings. The van der Waals surface area contributed by atoms with Crippen LogP contribution in [0.2, 0.25) is 0 Å². The van der Waals surface area contributed by atoms with Crippen LogP contribution in [0, 0.1) is 13.8 Å². The molecule has 1 heterocycles. The quantitative estimate of drug-likeness (QED) is 0.794. The molecule has 0 saturated carbocycles. The van der Waals surface area contributed by atoms with Crippen molar-refractivity contribution in [3.63, 3.8) is 0 Å². The van der Waals surface area contributed by atoms with E-state index >= 15 is 0 Å². The molecule has 1 aromatic heterocycles. The van der Waals surface area contributed by atoms with Crippen LogP contribution < -0.4 is 5.32 Å². The largest absolute Gasteiger partial charge is 0.389 e. The third kappa shape index (κ3) is 3.83. The molecule has 2 atom stereocenters. The molecule has 0 radical (unpaired) electrons. The number of hydrogen-bond acceptors (Lipinski definition) is 5. The number of nitrogens with zero attached hydrogens (tertiary/aromatic N) is 1. The van der Waals surface area contributed by atoms with Gasteiger partial charge >= 0.3 is 0 Å². The van der Waals surface area contributed by atoms with Gasteiger partial charge in [-0.3, -0.25) is 0 Å². The van der Waals surface area contributed by atoms with Crippen LogP contribution in [-0.2, 0) is 4.74 Å². The molecule has 0 aliphatic carbocycles. The number of aromatic nitrogens is 1. The van der Waals surface area contributed by atoms with Gasteiger partial charge < -0.3 is 15.2 Å². The second-order valence-corrected chi connectivity index (χ2v) is 5.16. The highest BCUT2D eigenvalue weighted by molar-refractivity contribution is 7.11. The normalized spacial score (nSPS) is 15.1. The first-order valence-corrected chi connectivity index (χ1v) is 6.20. The molecule has 0 saturated heterocycles. The fraction of sp³-hybridized carbons (Fsp3) is 0.727. The lowest BCUT2D eigenvalue weighted by molar-refractivity contribution is 0.0631. The van der Waals surface area contributed by atoms with E-state index in [1.165, 1.54) is 4.88 Å². The Labute approximate surface area is 101 Å². The molecule has 16 heavy (non-hydrogen) atoms. The van der Waals surface area contributed by atoms with Crippen molar-refractivity contribution in [1.29, 1.82) is 0 Å². The number of methoxy groups -OCH3 is 1. The minimum absolute atomic E-state index is 0.220. The van der Waals surface area contributed by atoms with Crippen LogP contribution in [0.3, 0.4) is 0 Å². The average Bonchev–Trinajstić information content (AvgIpc) is 2.55. The van der Waals surface area contributed by atoms with E-state index in [1.54, 1.807) is 18.4 Å². The lowest BCUT2D eigenvalue weighted by Crippen LogP contribution is -2.31. The van der Waals surface area contributed by atoms with Crippen LogP contribution in [0.25, 0.3) is 0 Å². The number of aryl methyl sites for hydroxylation is 2. The van der Waals surface area contributed by atoms with Gasteiger partial charge in [-0.2, -0.15) is 0 Å². The standard InChI is InChI=1S/C11H20N2O2S/c1-7(12-5-10(14)6-15-4)11-8(2)13-9(3)16-11/h7,10,12,14H,5-6H2,1-4H3. The Morgan fingerprint density at radius 1 is 1.50 bits per heavy atom. The summed E-state index contributed by atoms with van der Waals surface area (Å²) in [6, 6.07) is 0.220. The average molecular weight is 244 g/mol. The van der Waals surface area contributed by atoms with Gasteiger partial charge in [-0.1, -0.05) is 0 Å². The van der Waals surface area contributed by atoms with Crippen LogP contribution in [-0.4, -0.2) is 36.5 Å². The van der Waals surface area contributed by atoms with Gasteiger partial charge in [-0.25, -0.2) is 4.98 Å². The van der Waals surface area contributed by atoms with Gasteiger partial charge in [0, 0.05) is 24.6 Å². The van der Waals surface area contributed by atoms with Crippen LogP contribution >= 0.6 is 11.3 Å². The molecule has 4 nitrogen and oxygen atoms in total. The van der Waals surface area contributed by atoms with Crippen molar-refractivity contribution in [1.82, 2.24) is 10.3 Å². The minimum Gasteiger partial charge on any atom is -0.389 e. The number of nitrogens with one attached hydrogen (secondary N) is 1. The predicted molar refractivity (Wildman–Crippen MR) is 65.9 cm³/mol. The van der Waals surface area contributed by atoms with E-state index in [4.69, 9.17) is 4.74 Å². The summed E-state index contributed by atoms with van der Waals surface area (Å²) >= 11 is 1.70. The van der Waals surface area contributed by atoms with Crippen molar-refractivity contribution in [2.45, 2.75) is 32.9 Å². The highest BCUT2D eigenvalue weighted by atomic mass is 32.1. The molecule has 0 aromatic carbocycles. The van der Waals surface area contributed by atoms with Crippen molar-refractivity contribution < 1.29 is 9.84 Å². The first-order valence-electron chi connectivity index (χ1n) is 5.39. The van der Waals surface area contributed by atoms with E-state index < -0.39 is 6.10 Å². The summed E-state index contributed by atoms with van der Waals surface area (Å²) in [5, 5.41) is 13.9. The van der Waals surface area contributed by atoms with Gasteiger partial charge in [0.2, 0.25) is 0 Å². The fourth-order valence-corrected chi connectivity index (χ4v) is 2.56. The maximum atomic E-state index is 9.52. The van der Waals surface area contributed by atoms with Gasteiger partial charge in [0.05, 0.1) is 23.4 Å². The van der Waals surface area contributed by atoms with Gasteiger partial charge in [0.25, 0.3) is 0 Å². The Morgan fingerprint density at radius 3 is 2.69 bits per heavy atom. The summed E-state index contributed by atoms with van der Waals surface area (Å²) in [6.07, 6.45) is -0.457. The van der Waals surface area contributed by atoms with Crippen molar-refractivity contribution in [3.05, 3.63) is 15.6 Å². The fourth-order valence-electron chi connectivity index (χ4n) is 1.61. The molecular formula is C11H20N2O2S. The second kappa shape index (κ2) is 6.30. The zero-order chi connectivity index (χ0) is 12.1. The van der Waals surface area contributed by atoms with Crippen molar-refractivity contribution in [3.8, 4) is 0 Å². The Kier molecular flexibility index (Phi) is 5.34. The molecule has 0 bridgehead atoms. The number of rotatable bonds is 6. The number of aliphatic hydroxyl groups is 1. The third-order valence-electron chi connectivity index (χ3n) is 2.35. The van der Waals surface area contributed by atoms with Crippen molar-refractivity contribution in [2.24, 2.45) is 0 Å². The summed E-state index contributed by atoms with van der Waals surface area (Å²) in [5.74, 6) is 0. The first kappa shape index (κ1) is 13.6. The van der Waals surface area contributed by atoms with E-state index in [0.29, 0.717) is 13.2 Å². The summed E-state index contributed by atoms with van der Waals surface area (Å²) in [5.41, 5.74) is 1.07. The highest BCUT2D eigenvalue weighted by Gasteiger charge is 2.13. The Hall–Kier alpha value is -0.490. The molecule has 5 heteroatoms. The molecule has 0 spiro atoms. The van der Waals surface area contributed by atoms with Gasteiger partial charge in [-0.15, -0.1) is 11.3 Å². The molecular weight excluding hydrogens is 224 g/mol. The molecule has 0 aliphatic rings. The lowest BCUT2D eigenvalue weighted by atomic mass is 10.2. The molecule has 0 amide bonds. The monoisotopic (exact) mass is 244 g/mol. The summed E-state index contributed by atoms with van der Waals surface area (Å²) < 4.78 is 4.87. The number of thiazole rings is 1. The van der Waals surface area contributed by atoms with E-state index in [-0.39, 0.29) is 6.04 Å². The van der Waals surface area contributed by atoms with E-state index in [2.05, 4.69) is 17.2 Å². The van der Waals surface area contributed by atoms with Crippen LogP contribution in [0.1, 0.15) is 28.5 Å². The zero-order valence-electron chi connectivity index (χ0n) is 10.3. The number of ether oxygens (including phenoxy) is 1. The molecule has 2 unspecified atom stereocenters. The summed E-state index contributed by atoms with van der Waals surface area (Å²) in [6.45, 7) is 7.00. The van der Waals surface area contributed by atoms with Crippen LogP contribution in [0.15, 0.2) is 0 Å². The lowest BCUT2D eigenvalue weighted by Gasteiger charge is -2.16. The van der Waals surface area contributed by atoms with Crippen LogP contribution in [0.4, 0.5) is 0 Å². The summed E-state index contributed by atoms with van der Waals surface area (Å²) in [4.78, 5) is 5.62. The van der Waals surface area contributed by atoms with Crippen molar-refractivity contribution >= 4 is 11.3 Å². The maximum Gasteiger partial charge on any atom is 0.0900 e. The topological polar surface area (TPSA) is 54.4 Å². The number of aliphatic hydroxyl groups excluding tert-OH is 1. The number of hydrogen-bond donors (Lipinski definition) is 2. The molecule has 1 rings (SSSR count). The van der Waals surface area contributed by atoms with Gasteiger partial charge in [0.1, 0.15) is 0 Å². The Bertz CT molecular complexity index is 328. The van der Waals surface area contributed by atoms with Gasteiger partial charge in [-0.05, 0) is 20.8 Å². The Balaban J connectivity index is 2.46. The SMILES string of the molecule is COCC(O)CNC(C)c1sc(C)nc1C. The third-order valence-corrected chi connectivity index (χ3v) is 3.61. The van der Waals surface area contributed by atoms with E-state index in [1.807, 2.05) is 13.8 Å². The Morgan fingerprint density at radius 2 is 2.19 bits per heavy atom. The smallest absolute Gasteiger partial charge is 0.0900 e. The predicted octanol–water partition coefficient (Wildman–Crippen LogP) is 1.42. The van der Waals surface area contributed by atoms with Gasteiger partial charge in [0.15, 0.2) is 0 Å². The maximum absolute atomic E-state index is 9.52.